The van der Waals surface area contributed by atoms with Crippen molar-refractivity contribution in [1.82, 2.24) is 15.5 Å². The molecule has 3 nitrogen and oxygen atoms in total. The molecule has 0 radical (unpaired) electrons. The fourth-order valence-electron chi connectivity index (χ4n) is 2.31. The van der Waals surface area contributed by atoms with Crippen LogP contribution in [0.4, 0.5) is 0 Å². The van der Waals surface area contributed by atoms with Crippen LogP contribution in [0, 0.1) is 0 Å². The van der Waals surface area contributed by atoms with E-state index >= 15 is 0 Å². The molecular weight excluding hydrogens is 246 g/mol. The van der Waals surface area contributed by atoms with Crippen molar-refractivity contribution in [3.63, 3.8) is 0 Å². The quantitative estimate of drug-likeness (QED) is 0.754. The number of H-pyrrole nitrogens is 1. The van der Waals surface area contributed by atoms with Crippen LogP contribution in [0.25, 0.3) is 11.1 Å². The van der Waals surface area contributed by atoms with Crippen LogP contribution in [-0.4, -0.2) is 23.8 Å². The van der Waals surface area contributed by atoms with Gasteiger partial charge in [0, 0.05) is 17.7 Å². The summed E-state index contributed by atoms with van der Waals surface area (Å²) < 4.78 is 0. The summed E-state index contributed by atoms with van der Waals surface area (Å²) in [5.74, 6) is 0.318. The third kappa shape index (κ3) is 3.25. The molecule has 0 bridgehead atoms. The smallest absolute Gasteiger partial charge is 0.0565 e. The molecule has 0 aliphatic rings. The SMILES string of the molecule is C=CC(=C)C(CCNC)c1ccc(-c2cn[nH]c2)cc1. The number of rotatable bonds is 7. The van der Waals surface area contributed by atoms with E-state index in [4.69, 9.17) is 0 Å². The Morgan fingerprint density at radius 2 is 2.10 bits per heavy atom. The lowest BCUT2D eigenvalue weighted by Crippen LogP contribution is -2.13. The van der Waals surface area contributed by atoms with Crippen LogP contribution in [0.15, 0.2) is 61.5 Å². The molecule has 1 aromatic heterocycles. The van der Waals surface area contributed by atoms with E-state index in [9.17, 15) is 0 Å². The van der Waals surface area contributed by atoms with Gasteiger partial charge in [-0.3, -0.25) is 5.10 Å². The zero-order valence-electron chi connectivity index (χ0n) is 11.9. The number of allylic oxidation sites excluding steroid dienone is 2. The molecule has 1 aromatic carbocycles. The first kappa shape index (κ1) is 14.3. The van der Waals surface area contributed by atoms with E-state index in [0.29, 0.717) is 5.92 Å². The van der Waals surface area contributed by atoms with Gasteiger partial charge in [0.05, 0.1) is 6.20 Å². The van der Waals surface area contributed by atoms with Crippen LogP contribution in [-0.2, 0) is 0 Å². The number of aromatic nitrogens is 2. The predicted molar refractivity (Wildman–Crippen MR) is 84.6 cm³/mol. The first-order chi connectivity index (χ1) is 9.76. The van der Waals surface area contributed by atoms with E-state index in [-0.39, 0.29) is 0 Å². The highest BCUT2D eigenvalue weighted by Gasteiger charge is 2.13. The topological polar surface area (TPSA) is 40.7 Å². The standard InChI is InChI=1S/C17H21N3/c1-4-13(2)17(9-10-18-3)15-7-5-14(6-8-15)16-11-19-20-12-16/h4-8,11-12,17-18H,1-2,9-10H2,3H3,(H,19,20). The molecule has 0 saturated carbocycles. The summed E-state index contributed by atoms with van der Waals surface area (Å²) in [6.45, 7) is 8.91. The second-order valence-corrected chi connectivity index (χ2v) is 4.83. The molecular formula is C17H21N3. The van der Waals surface area contributed by atoms with Crippen LogP contribution >= 0.6 is 0 Å². The van der Waals surface area contributed by atoms with Crippen molar-refractivity contribution in [3.05, 3.63) is 67.0 Å². The minimum absolute atomic E-state index is 0.318. The van der Waals surface area contributed by atoms with Gasteiger partial charge in [-0.1, -0.05) is 43.5 Å². The molecule has 20 heavy (non-hydrogen) atoms. The maximum Gasteiger partial charge on any atom is 0.0565 e. The molecule has 3 heteroatoms. The van der Waals surface area contributed by atoms with E-state index < -0.39 is 0 Å². The van der Waals surface area contributed by atoms with E-state index in [2.05, 4.69) is 52.9 Å². The largest absolute Gasteiger partial charge is 0.320 e. The molecule has 0 aliphatic heterocycles. The normalized spacial score (nSPS) is 12.1. The van der Waals surface area contributed by atoms with Gasteiger partial charge in [0.2, 0.25) is 0 Å². The molecule has 1 atom stereocenters. The van der Waals surface area contributed by atoms with Crippen LogP contribution in [0.2, 0.25) is 0 Å². The maximum atomic E-state index is 4.11. The average Bonchev–Trinajstić information content (AvgIpc) is 3.02. The van der Waals surface area contributed by atoms with Crippen LogP contribution in [0.3, 0.4) is 0 Å². The van der Waals surface area contributed by atoms with Crippen LogP contribution in [0.1, 0.15) is 17.9 Å². The molecule has 0 saturated heterocycles. The van der Waals surface area contributed by atoms with Crippen molar-refractivity contribution in [2.45, 2.75) is 12.3 Å². The molecule has 0 aliphatic carbocycles. The summed E-state index contributed by atoms with van der Waals surface area (Å²) in [4.78, 5) is 0. The Hall–Kier alpha value is -2.13. The molecule has 0 amide bonds. The Balaban J connectivity index is 2.21. The molecule has 0 fully saturated rings. The lowest BCUT2D eigenvalue weighted by atomic mass is 9.88. The second-order valence-electron chi connectivity index (χ2n) is 4.83. The summed E-state index contributed by atoms with van der Waals surface area (Å²) in [7, 11) is 1.97. The lowest BCUT2D eigenvalue weighted by molar-refractivity contribution is 0.662. The predicted octanol–water partition coefficient (Wildman–Crippen LogP) is 3.51. The van der Waals surface area contributed by atoms with E-state index in [0.717, 1.165) is 24.1 Å². The first-order valence-electron chi connectivity index (χ1n) is 6.81. The Morgan fingerprint density at radius 1 is 1.35 bits per heavy atom. The number of nitrogens with one attached hydrogen (secondary N) is 2. The van der Waals surface area contributed by atoms with E-state index in [1.54, 1.807) is 0 Å². The molecule has 1 heterocycles. The minimum atomic E-state index is 0.318. The highest BCUT2D eigenvalue weighted by molar-refractivity contribution is 5.62. The minimum Gasteiger partial charge on any atom is -0.320 e. The van der Waals surface area contributed by atoms with Crippen molar-refractivity contribution in [1.29, 1.82) is 0 Å². The third-order valence-electron chi connectivity index (χ3n) is 3.54. The molecule has 2 N–H and O–H groups in total. The fourth-order valence-corrected chi connectivity index (χ4v) is 2.31. The molecule has 2 rings (SSSR count). The number of aromatic amines is 1. The molecule has 104 valence electrons. The van der Waals surface area contributed by atoms with Gasteiger partial charge < -0.3 is 5.32 Å². The highest BCUT2D eigenvalue weighted by Crippen LogP contribution is 2.29. The lowest BCUT2D eigenvalue weighted by Gasteiger charge is -2.18. The number of hydrogen-bond acceptors (Lipinski definition) is 2. The van der Waals surface area contributed by atoms with Gasteiger partial charge in [0.1, 0.15) is 0 Å². The Labute approximate surface area is 120 Å². The van der Waals surface area contributed by atoms with Crippen LogP contribution < -0.4 is 5.32 Å². The van der Waals surface area contributed by atoms with Crippen molar-refractivity contribution in [3.8, 4) is 11.1 Å². The number of hydrogen-bond donors (Lipinski definition) is 2. The molecule has 2 aromatic rings. The number of benzene rings is 1. The second kappa shape index (κ2) is 6.87. The Kier molecular flexibility index (Phi) is 4.91. The van der Waals surface area contributed by atoms with Gasteiger partial charge in [0.15, 0.2) is 0 Å². The first-order valence-corrected chi connectivity index (χ1v) is 6.81. The fraction of sp³-hybridized carbons (Fsp3) is 0.235. The monoisotopic (exact) mass is 267 g/mol. The summed E-state index contributed by atoms with van der Waals surface area (Å²) in [6.07, 6.45) is 6.60. The Bertz CT molecular complexity index is 552. The zero-order chi connectivity index (χ0) is 14.4. The van der Waals surface area contributed by atoms with Gasteiger partial charge in [-0.15, -0.1) is 0 Å². The number of nitrogens with zero attached hydrogens (tertiary/aromatic N) is 1. The van der Waals surface area contributed by atoms with Gasteiger partial charge in [-0.2, -0.15) is 5.10 Å². The van der Waals surface area contributed by atoms with Crippen molar-refractivity contribution in [2.75, 3.05) is 13.6 Å². The average molecular weight is 267 g/mol. The van der Waals surface area contributed by atoms with E-state index in [1.807, 2.05) is 25.5 Å². The van der Waals surface area contributed by atoms with Gasteiger partial charge >= 0.3 is 0 Å². The highest BCUT2D eigenvalue weighted by atomic mass is 15.1. The maximum absolute atomic E-state index is 4.11. The summed E-state index contributed by atoms with van der Waals surface area (Å²) in [5.41, 5.74) is 4.61. The van der Waals surface area contributed by atoms with Crippen molar-refractivity contribution < 1.29 is 0 Å². The summed E-state index contributed by atoms with van der Waals surface area (Å²) in [6, 6.07) is 8.58. The summed E-state index contributed by atoms with van der Waals surface area (Å²) in [5, 5.41) is 10.0. The van der Waals surface area contributed by atoms with Crippen molar-refractivity contribution >= 4 is 0 Å². The van der Waals surface area contributed by atoms with Gasteiger partial charge in [-0.25, -0.2) is 0 Å². The van der Waals surface area contributed by atoms with Crippen LogP contribution in [0.5, 0.6) is 0 Å². The van der Waals surface area contributed by atoms with Crippen molar-refractivity contribution in [2.24, 2.45) is 0 Å². The third-order valence-corrected chi connectivity index (χ3v) is 3.54. The molecule has 1 unspecified atom stereocenters. The summed E-state index contributed by atoms with van der Waals surface area (Å²) >= 11 is 0. The van der Waals surface area contributed by atoms with E-state index in [1.165, 1.54) is 11.1 Å². The molecule has 0 spiro atoms. The van der Waals surface area contributed by atoms with Gasteiger partial charge in [0.25, 0.3) is 0 Å². The Morgan fingerprint density at radius 3 is 2.65 bits per heavy atom. The zero-order valence-corrected chi connectivity index (χ0v) is 11.9. The van der Waals surface area contributed by atoms with Gasteiger partial charge in [-0.05, 0) is 36.7 Å².